The summed E-state index contributed by atoms with van der Waals surface area (Å²) in [5, 5.41) is 2.30. The first kappa shape index (κ1) is 14.0. The number of rotatable bonds is 2. The number of nitrogens with zero attached hydrogens (tertiary/aromatic N) is 1. The number of benzene rings is 3. The van der Waals surface area contributed by atoms with Crippen LogP contribution in [0.4, 0.5) is 0 Å². The van der Waals surface area contributed by atoms with Gasteiger partial charge >= 0.3 is 0 Å². The molecule has 0 N–H and O–H groups in total. The molecule has 3 aromatic carbocycles. The lowest BCUT2D eigenvalue weighted by atomic mass is 10.00. The first-order valence-corrected chi connectivity index (χ1v) is 8.32. The molecule has 2 heteroatoms. The quantitative estimate of drug-likeness (QED) is 0.380. The normalized spacial score (nSPS) is 11.2. The van der Waals surface area contributed by atoms with E-state index < -0.39 is 0 Å². The van der Waals surface area contributed by atoms with Crippen molar-refractivity contribution in [3.8, 4) is 22.4 Å². The van der Waals surface area contributed by atoms with Crippen LogP contribution in [-0.2, 0) is 0 Å². The summed E-state index contributed by atoms with van der Waals surface area (Å²) in [4.78, 5) is 4.45. The average molecular weight is 321 g/mol. The highest BCUT2D eigenvalue weighted by molar-refractivity contribution is 6.06. The van der Waals surface area contributed by atoms with E-state index in [1.807, 2.05) is 42.6 Å². The second-order valence-electron chi connectivity index (χ2n) is 6.10. The topological polar surface area (TPSA) is 26.0 Å². The van der Waals surface area contributed by atoms with E-state index in [0.29, 0.717) is 0 Å². The molecule has 0 aliphatic carbocycles. The number of pyridine rings is 1. The molecule has 2 nitrogen and oxygen atoms in total. The molecule has 0 atom stereocenters. The van der Waals surface area contributed by atoms with E-state index in [4.69, 9.17) is 4.42 Å². The molecule has 25 heavy (non-hydrogen) atoms. The molecule has 0 aliphatic heterocycles. The molecule has 0 spiro atoms. The number of hydrogen-bond acceptors (Lipinski definition) is 2. The van der Waals surface area contributed by atoms with Crippen LogP contribution in [0.2, 0.25) is 0 Å². The van der Waals surface area contributed by atoms with Crippen molar-refractivity contribution in [1.29, 1.82) is 0 Å². The van der Waals surface area contributed by atoms with Crippen LogP contribution < -0.4 is 0 Å². The van der Waals surface area contributed by atoms with Crippen LogP contribution in [0, 0.1) is 0 Å². The predicted octanol–water partition coefficient (Wildman–Crippen LogP) is 6.32. The molecule has 118 valence electrons. The minimum atomic E-state index is 0.922. The maximum absolute atomic E-state index is 5.93. The smallest absolute Gasteiger partial charge is 0.135 e. The molecule has 5 rings (SSSR count). The number of hydrogen-bond donors (Lipinski definition) is 0. The van der Waals surface area contributed by atoms with Gasteiger partial charge in [0.05, 0.1) is 5.69 Å². The lowest BCUT2D eigenvalue weighted by molar-refractivity contribution is 0.669. The Hall–Kier alpha value is -3.39. The minimum Gasteiger partial charge on any atom is -0.456 e. The van der Waals surface area contributed by atoms with Crippen molar-refractivity contribution in [2.24, 2.45) is 0 Å². The second-order valence-corrected chi connectivity index (χ2v) is 6.10. The fourth-order valence-electron chi connectivity index (χ4n) is 3.30. The van der Waals surface area contributed by atoms with Crippen LogP contribution >= 0.6 is 0 Å². The molecular formula is C23H15NO. The van der Waals surface area contributed by atoms with Gasteiger partial charge < -0.3 is 4.42 Å². The summed E-state index contributed by atoms with van der Waals surface area (Å²) >= 11 is 0. The molecule has 5 aromatic rings. The molecule has 0 amide bonds. The zero-order valence-electron chi connectivity index (χ0n) is 13.5. The summed E-state index contributed by atoms with van der Waals surface area (Å²) in [5.41, 5.74) is 6.31. The Kier molecular flexibility index (Phi) is 3.14. The number of furan rings is 1. The Morgan fingerprint density at radius 1 is 0.560 bits per heavy atom. The number of para-hydroxylation sites is 1. The van der Waals surface area contributed by atoms with Crippen molar-refractivity contribution in [2.75, 3.05) is 0 Å². The van der Waals surface area contributed by atoms with Crippen LogP contribution in [0.25, 0.3) is 44.3 Å². The third kappa shape index (κ3) is 2.39. The van der Waals surface area contributed by atoms with E-state index in [9.17, 15) is 0 Å². The fraction of sp³-hybridized carbons (Fsp3) is 0. The van der Waals surface area contributed by atoms with Gasteiger partial charge in [-0.2, -0.15) is 0 Å². The van der Waals surface area contributed by atoms with Crippen molar-refractivity contribution < 1.29 is 4.42 Å². The van der Waals surface area contributed by atoms with E-state index in [1.54, 1.807) is 0 Å². The van der Waals surface area contributed by atoms with Gasteiger partial charge in [0.15, 0.2) is 0 Å². The van der Waals surface area contributed by atoms with E-state index in [0.717, 1.165) is 33.2 Å². The van der Waals surface area contributed by atoms with E-state index in [1.165, 1.54) is 11.1 Å². The van der Waals surface area contributed by atoms with Gasteiger partial charge in [0.25, 0.3) is 0 Å². The van der Waals surface area contributed by atoms with Gasteiger partial charge in [-0.1, -0.05) is 48.5 Å². The van der Waals surface area contributed by atoms with Crippen LogP contribution in [-0.4, -0.2) is 4.98 Å². The number of fused-ring (bicyclic) bond motifs is 3. The lowest BCUT2D eigenvalue weighted by Gasteiger charge is -2.05. The first-order chi connectivity index (χ1) is 12.4. The van der Waals surface area contributed by atoms with Crippen LogP contribution in [0.15, 0.2) is 95.5 Å². The second kappa shape index (κ2) is 5.60. The van der Waals surface area contributed by atoms with Gasteiger partial charge in [-0.25, -0.2) is 0 Å². The fourth-order valence-corrected chi connectivity index (χ4v) is 3.30. The summed E-state index contributed by atoms with van der Waals surface area (Å²) in [6.45, 7) is 0. The highest BCUT2D eigenvalue weighted by Gasteiger charge is 2.08. The van der Waals surface area contributed by atoms with Gasteiger partial charge in [-0.3, -0.25) is 4.98 Å². The minimum absolute atomic E-state index is 0.922. The highest BCUT2D eigenvalue weighted by atomic mass is 16.3. The summed E-state index contributed by atoms with van der Waals surface area (Å²) < 4.78 is 5.93. The third-order valence-electron chi connectivity index (χ3n) is 4.53. The van der Waals surface area contributed by atoms with Crippen molar-refractivity contribution in [3.05, 3.63) is 91.1 Å². The van der Waals surface area contributed by atoms with Crippen molar-refractivity contribution in [2.45, 2.75) is 0 Å². The molecule has 0 radical (unpaired) electrons. The summed E-state index contributed by atoms with van der Waals surface area (Å²) in [6.07, 6.45) is 1.83. The summed E-state index contributed by atoms with van der Waals surface area (Å²) in [7, 11) is 0. The Bertz CT molecular complexity index is 1190. The third-order valence-corrected chi connectivity index (χ3v) is 4.53. The van der Waals surface area contributed by atoms with E-state index in [-0.39, 0.29) is 0 Å². The summed E-state index contributed by atoms with van der Waals surface area (Å²) in [5.74, 6) is 0. The van der Waals surface area contributed by atoms with Gasteiger partial charge in [0, 0.05) is 22.5 Å². The van der Waals surface area contributed by atoms with Crippen LogP contribution in [0.1, 0.15) is 0 Å². The highest BCUT2D eigenvalue weighted by Crippen LogP contribution is 2.33. The average Bonchev–Trinajstić information content (AvgIpc) is 3.07. The maximum atomic E-state index is 5.93. The molecule has 2 aromatic heterocycles. The van der Waals surface area contributed by atoms with Gasteiger partial charge in [-0.05, 0) is 47.5 Å². The standard InChI is InChI=1S/C23H15NO/c1-2-10-22-19(8-1)20-15-17(11-12-23(20)25-22)16-6-5-7-18(14-16)21-9-3-4-13-24-21/h1-15H. The van der Waals surface area contributed by atoms with E-state index in [2.05, 4.69) is 53.5 Å². The lowest BCUT2D eigenvalue weighted by Crippen LogP contribution is -1.84. The SMILES string of the molecule is c1ccc(-c2cccc(-c3ccc4oc5ccccc5c4c3)c2)nc1. The molecule has 0 saturated carbocycles. The molecule has 0 unspecified atom stereocenters. The molecule has 0 aliphatic rings. The predicted molar refractivity (Wildman–Crippen MR) is 102 cm³/mol. The molecule has 0 saturated heterocycles. The Balaban J connectivity index is 1.67. The van der Waals surface area contributed by atoms with Gasteiger partial charge in [0.2, 0.25) is 0 Å². The largest absolute Gasteiger partial charge is 0.456 e. The zero-order valence-corrected chi connectivity index (χ0v) is 13.5. The molecule has 2 heterocycles. The monoisotopic (exact) mass is 321 g/mol. The summed E-state index contributed by atoms with van der Waals surface area (Å²) in [6, 6.07) is 29.0. The van der Waals surface area contributed by atoms with Gasteiger partial charge in [-0.15, -0.1) is 0 Å². The number of aromatic nitrogens is 1. The Morgan fingerprint density at radius 2 is 1.36 bits per heavy atom. The Labute approximate surface area is 145 Å². The molecule has 0 bridgehead atoms. The van der Waals surface area contributed by atoms with Crippen molar-refractivity contribution in [1.82, 2.24) is 4.98 Å². The molecule has 0 fully saturated rings. The first-order valence-electron chi connectivity index (χ1n) is 8.32. The van der Waals surface area contributed by atoms with Gasteiger partial charge in [0.1, 0.15) is 11.2 Å². The van der Waals surface area contributed by atoms with Crippen molar-refractivity contribution in [3.63, 3.8) is 0 Å². The Morgan fingerprint density at radius 3 is 2.28 bits per heavy atom. The van der Waals surface area contributed by atoms with E-state index >= 15 is 0 Å². The van der Waals surface area contributed by atoms with Crippen LogP contribution in [0.5, 0.6) is 0 Å². The van der Waals surface area contributed by atoms with Crippen LogP contribution in [0.3, 0.4) is 0 Å². The maximum Gasteiger partial charge on any atom is 0.135 e. The zero-order chi connectivity index (χ0) is 16.6. The molecular weight excluding hydrogens is 306 g/mol. The van der Waals surface area contributed by atoms with Crippen molar-refractivity contribution >= 4 is 21.9 Å².